The SMILES string of the molecule is Cc1cc(NN=Cc2ccc(F)cc2)c2cc3c(cc2n1)OCO3. The molecule has 2 heterocycles. The van der Waals surface area contributed by atoms with E-state index in [0.29, 0.717) is 11.5 Å². The van der Waals surface area contributed by atoms with Gasteiger partial charge in [0.05, 0.1) is 17.4 Å². The van der Waals surface area contributed by atoms with E-state index in [1.807, 2.05) is 25.1 Å². The van der Waals surface area contributed by atoms with Crippen molar-refractivity contribution in [3.8, 4) is 11.5 Å². The van der Waals surface area contributed by atoms with E-state index in [1.54, 1.807) is 18.3 Å². The lowest BCUT2D eigenvalue weighted by Gasteiger charge is -2.08. The van der Waals surface area contributed by atoms with Gasteiger partial charge in [-0.05, 0) is 36.8 Å². The third-order valence-corrected chi connectivity index (χ3v) is 3.70. The number of hydrazone groups is 1. The standard InChI is InChI=1S/C18H14FN3O2/c1-11-6-16(22-20-9-12-2-4-13(19)5-3-12)14-7-17-18(24-10-23-17)8-15(14)21-11/h2-9H,10H2,1H3,(H,21,22). The van der Waals surface area contributed by atoms with Crippen LogP contribution in [-0.2, 0) is 0 Å². The number of ether oxygens (including phenoxy) is 2. The third kappa shape index (κ3) is 2.74. The summed E-state index contributed by atoms with van der Waals surface area (Å²) < 4.78 is 23.7. The zero-order valence-corrected chi connectivity index (χ0v) is 12.9. The summed E-state index contributed by atoms with van der Waals surface area (Å²) in [5.41, 5.74) is 6.30. The summed E-state index contributed by atoms with van der Waals surface area (Å²) in [7, 11) is 0. The van der Waals surface area contributed by atoms with E-state index in [1.165, 1.54) is 12.1 Å². The van der Waals surface area contributed by atoms with E-state index >= 15 is 0 Å². The molecule has 6 heteroatoms. The van der Waals surface area contributed by atoms with Crippen molar-refractivity contribution in [2.75, 3.05) is 12.2 Å². The number of pyridine rings is 1. The number of hydrogen-bond acceptors (Lipinski definition) is 5. The Morgan fingerprint density at radius 1 is 1.12 bits per heavy atom. The van der Waals surface area contributed by atoms with Crippen molar-refractivity contribution in [3.05, 3.63) is 59.5 Å². The molecule has 0 unspecified atom stereocenters. The number of nitrogens with one attached hydrogen (secondary N) is 1. The number of fused-ring (bicyclic) bond motifs is 2. The molecule has 0 spiro atoms. The minimum Gasteiger partial charge on any atom is -0.454 e. The highest BCUT2D eigenvalue weighted by Crippen LogP contribution is 2.38. The van der Waals surface area contributed by atoms with E-state index in [9.17, 15) is 4.39 Å². The highest BCUT2D eigenvalue weighted by Gasteiger charge is 2.16. The maximum atomic E-state index is 12.9. The van der Waals surface area contributed by atoms with Crippen LogP contribution in [0, 0.1) is 12.7 Å². The minimum atomic E-state index is -0.271. The summed E-state index contributed by atoms with van der Waals surface area (Å²) in [6.45, 7) is 2.13. The summed E-state index contributed by atoms with van der Waals surface area (Å²) in [4.78, 5) is 4.52. The quantitative estimate of drug-likeness (QED) is 0.587. The highest BCUT2D eigenvalue weighted by molar-refractivity contribution is 5.94. The minimum absolute atomic E-state index is 0.218. The predicted molar refractivity (Wildman–Crippen MR) is 90.2 cm³/mol. The summed E-state index contributed by atoms with van der Waals surface area (Å²) in [5, 5.41) is 5.12. The number of halogens is 1. The zero-order valence-electron chi connectivity index (χ0n) is 12.9. The van der Waals surface area contributed by atoms with Gasteiger partial charge in [0, 0.05) is 17.1 Å². The maximum Gasteiger partial charge on any atom is 0.231 e. The Bertz CT molecular complexity index is 939. The van der Waals surface area contributed by atoms with Crippen LogP contribution in [0.15, 0.2) is 47.6 Å². The van der Waals surface area contributed by atoms with Gasteiger partial charge in [0.1, 0.15) is 5.82 Å². The molecule has 1 aliphatic heterocycles. The molecule has 24 heavy (non-hydrogen) atoms. The fourth-order valence-corrected chi connectivity index (χ4v) is 2.57. The monoisotopic (exact) mass is 323 g/mol. The van der Waals surface area contributed by atoms with Crippen molar-refractivity contribution < 1.29 is 13.9 Å². The molecule has 3 aromatic rings. The molecule has 2 aromatic carbocycles. The number of hydrogen-bond donors (Lipinski definition) is 1. The van der Waals surface area contributed by atoms with Crippen molar-refractivity contribution in [1.29, 1.82) is 0 Å². The topological polar surface area (TPSA) is 55.7 Å². The number of nitrogens with zero attached hydrogens (tertiary/aromatic N) is 2. The summed E-state index contributed by atoms with van der Waals surface area (Å²) in [5.74, 6) is 1.12. The van der Waals surface area contributed by atoms with E-state index in [-0.39, 0.29) is 12.6 Å². The number of anilines is 1. The van der Waals surface area contributed by atoms with E-state index < -0.39 is 0 Å². The van der Waals surface area contributed by atoms with Gasteiger partial charge in [0.15, 0.2) is 11.5 Å². The van der Waals surface area contributed by atoms with Gasteiger partial charge in [-0.15, -0.1) is 0 Å². The van der Waals surface area contributed by atoms with Gasteiger partial charge >= 0.3 is 0 Å². The first-order valence-electron chi connectivity index (χ1n) is 7.45. The first-order chi connectivity index (χ1) is 11.7. The normalized spacial score (nSPS) is 12.9. The van der Waals surface area contributed by atoms with Gasteiger partial charge in [-0.2, -0.15) is 5.10 Å². The molecule has 4 rings (SSSR count). The Morgan fingerprint density at radius 3 is 2.67 bits per heavy atom. The van der Waals surface area contributed by atoms with Crippen LogP contribution in [0.4, 0.5) is 10.1 Å². The fourth-order valence-electron chi connectivity index (χ4n) is 2.57. The van der Waals surface area contributed by atoms with Gasteiger partial charge in [-0.25, -0.2) is 4.39 Å². The number of aromatic nitrogens is 1. The summed E-state index contributed by atoms with van der Waals surface area (Å²) in [6.07, 6.45) is 1.63. The molecule has 120 valence electrons. The molecule has 1 N–H and O–H groups in total. The molecule has 1 aliphatic rings. The van der Waals surface area contributed by atoms with Crippen molar-refractivity contribution in [2.24, 2.45) is 5.10 Å². The molecule has 5 nitrogen and oxygen atoms in total. The van der Waals surface area contributed by atoms with Gasteiger partial charge < -0.3 is 9.47 Å². The van der Waals surface area contributed by atoms with Crippen LogP contribution in [0.5, 0.6) is 11.5 Å². The van der Waals surface area contributed by atoms with E-state index in [4.69, 9.17) is 9.47 Å². The fraction of sp³-hybridized carbons (Fsp3) is 0.111. The summed E-state index contributed by atoms with van der Waals surface area (Å²) >= 11 is 0. The van der Waals surface area contributed by atoms with Gasteiger partial charge in [0.2, 0.25) is 6.79 Å². The maximum absolute atomic E-state index is 12.9. The Hall–Kier alpha value is -3.15. The van der Waals surface area contributed by atoms with E-state index in [2.05, 4.69) is 15.5 Å². The Kier molecular flexibility index (Phi) is 3.49. The Balaban J connectivity index is 1.67. The smallest absolute Gasteiger partial charge is 0.231 e. The first-order valence-corrected chi connectivity index (χ1v) is 7.45. The van der Waals surface area contributed by atoms with Crippen LogP contribution < -0.4 is 14.9 Å². The highest BCUT2D eigenvalue weighted by atomic mass is 19.1. The van der Waals surface area contributed by atoms with Crippen molar-refractivity contribution in [3.63, 3.8) is 0 Å². The van der Waals surface area contributed by atoms with Gasteiger partial charge in [0.25, 0.3) is 0 Å². The molecule has 0 aliphatic carbocycles. The molecule has 1 aromatic heterocycles. The molecule has 0 saturated heterocycles. The lowest BCUT2D eigenvalue weighted by molar-refractivity contribution is 0.174. The van der Waals surface area contributed by atoms with Crippen LogP contribution in [-0.4, -0.2) is 18.0 Å². The van der Waals surface area contributed by atoms with Crippen molar-refractivity contribution >= 4 is 22.8 Å². The van der Waals surface area contributed by atoms with Crippen LogP contribution in [0.3, 0.4) is 0 Å². The summed E-state index contributed by atoms with van der Waals surface area (Å²) in [6, 6.07) is 11.8. The second-order valence-electron chi connectivity index (χ2n) is 5.46. The van der Waals surface area contributed by atoms with Gasteiger partial charge in [-0.3, -0.25) is 10.4 Å². The first kappa shape index (κ1) is 14.4. The Morgan fingerprint density at radius 2 is 1.88 bits per heavy atom. The molecular formula is C18H14FN3O2. The Labute approximate surface area is 137 Å². The number of aryl methyl sites for hydroxylation is 1. The van der Waals surface area contributed by atoms with Crippen LogP contribution in [0.2, 0.25) is 0 Å². The molecule has 0 atom stereocenters. The van der Waals surface area contributed by atoms with Crippen LogP contribution in [0.25, 0.3) is 10.9 Å². The molecule has 0 saturated carbocycles. The average molecular weight is 323 g/mol. The lowest BCUT2D eigenvalue weighted by Crippen LogP contribution is -1.95. The second kappa shape index (κ2) is 5.81. The van der Waals surface area contributed by atoms with Gasteiger partial charge in [-0.1, -0.05) is 12.1 Å². The molecular weight excluding hydrogens is 309 g/mol. The zero-order chi connectivity index (χ0) is 16.5. The molecule has 0 bridgehead atoms. The molecule has 0 amide bonds. The number of benzene rings is 2. The van der Waals surface area contributed by atoms with Crippen LogP contribution in [0.1, 0.15) is 11.3 Å². The van der Waals surface area contributed by atoms with E-state index in [0.717, 1.165) is 27.8 Å². The number of rotatable bonds is 3. The molecule has 0 radical (unpaired) electrons. The van der Waals surface area contributed by atoms with Crippen LogP contribution >= 0.6 is 0 Å². The average Bonchev–Trinajstić information content (AvgIpc) is 3.02. The third-order valence-electron chi connectivity index (χ3n) is 3.70. The lowest BCUT2D eigenvalue weighted by atomic mass is 10.1. The predicted octanol–water partition coefficient (Wildman–Crippen LogP) is 3.86. The van der Waals surface area contributed by atoms with Crippen molar-refractivity contribution in [2.45, 2.75) is 6.92 Å². The molecule has 0 fully saturated rings. The largest absolute Gasteiger partial charge is 0.454 e. The van der Waals surface area contributed by atoms with Crippen molar-refractivity contribution in [1.82, 2.24) is 4.98 Å². The second-order valence-corrected chi connectivity index (χ2v) is 5.46.